The maximum atomic E-state index is 13.1. The van der Waals surface area contributed by atoms with Gasteiger partial charge < -0.3 is 0 Å². The summed E-state index contributed by atoms with van der Waals surface area (Å²) < 4.78 is 25.7. The molecule has 2 rings (SSSR count). The van der Waals surface area contributed by atoms with Crippen molar-refractivity contribution >= 4 is 12.6 Å². The molecular formula is C12H8F2S. The quantitative estimate of drug-likeness (QED) is 0.694. The Morgan fingerprint density at radius 1 is 0.733 bits per heavy atom. The van der Waals surface area contributed by atoms with Gasteiger partial charge in [-0.05, 0) is 41.5 Å². The first-order valence-corrected chi connectivity index (χ1v) is 4.85. The molecule has 0 spiro atoms. The zero-order chi connectivity index (χ0) is 10.8. The molecule has 0 heterocycles. The standard InChI is InChI=1S/C12H8F2S/c13-10-3-1-8(2-4-10)9-5-11(14)7-12(15)6-9/h1-7,15H. The van der Waals surface area contributed by atoms with Gasteiger partial charge >= 0.3 is 0 Å². The third-order valence-corrected chi connectivity index (χ3v) is 2.32. The number of hydrogen-bond acceptors (Lipinski definition) is 1. The lowest BCUT2D eigenvalue weighted by molar-refractivity contribution is 0.624. The fourth-order valence-electron chi connectivity index (χ4n) is 1.38. The van der Waals surface area contributed by atoms with Gasteiger partial charge in [-0.15, -0.1) is 12.6 Å². The number of halogens is 2. The first kappa shape index (κ1) is 10.2. The Hall–Kier alpha value is -1.35. The molecule has 0 aliphatic carbocycles. The molecule has 2 aromatic carbocycles. The van der Waals surface area contributed by atoms with Crippen molar-refractivity contribution in [1.82, 2.24) is 0 Å². The van der Waals surface area contributed by atoms with Crippen molar-refractivity contribution in [2.75, 3.05) is 0 Å². The molecule has 0 fully saturated rings. The summed E-state index contributed by atoms with van der Waals surface area (Å²) in [7, 11) is 0. The zero-order valence-electron chi connectivity index (χ0n) is 7.74. The van der Waals surface area contributed by atoms with Gasteiger partial charge in [-0.2, -0.15) is 0 Å². The largest absolute Gasteiger partial charge is 0.207 e. The van der Waals surface area contributed by atoms with Gasteiger partial charge in [-0.25, -0.2) is 8.78 Å². The summed E-state index contributed by atoms with van der Waals surface area (Å²) in [5, 5.41) is 0. The van der Waals surface area contributed by atoms with E-state index in [-0.39, 0.29) is 11.6 Å². The average molecular weight is 222 g/mol. The molecule has 0 radical (unpaired) electrons. The summed E-state index contributed by atoms with van der Waals surface area (Å²) in [6.07, 6.45) is 0. The molecule has 0 bridgehead atoms. The highest BCUT2D eigenvalue weighted by Gasteiger charge is 2.01. The maximum Gasteiger partial charge on any atom is 0.124 e. The highest BCUT2D eigenvalue weighted by atomic mass is 32.1. The van der Waals surface area contributed by atoms with Crippen LogP contribution in [0, 0.1) is 11.6 Å². The minimum atomic E-state index is -0.346. The van der Waals surface area contributed by atoms with Gasteiger partial charge in [0.15, 0.2) is 0 Å². The Bertz CT molecular complexity index is 457. The van der Waals surface area contributed by atoms with Crippen LogP contribution in [0.4, 0.5) is 8.78 Å². The van der Waals surface area contributed by atoms with E-state index in [4.69, 9.17) is 0 Å². The minimum absolute atomic E-state index is 0.304. The van der Waals surface area contributed by atoms with Crippen LogP contribution in [-0.2, 0) is 0 Å². The van der Waals surface area contributed by atoms with E-state index in [1.165, 1.54) is 24.3 Å². The first-order chi connectivity index (χ1) is 7.15. The molecule has 0 nitrogen and oxygen atoms in total. The highest BCUT2D eigenvalue weighted by Crippen LogP contribution is 2.23. The van der Waals surface area contributed by atoms with Gasteiger partial charge in [0, 0.05) is 4.90 Å². The fourth-order valence-corrected chi connectivity index (χ4v) is 1.65. The van der Waals surface area contributed by atoms with Crippen LogP contribution >= 0.6 is 12.6 Å². The third kappa shape index (κ3) is 2.36. The SMILES string of the molecule is Fc1ccc(-c2cc(F)cc(S)c2)cc1. The lowest BCUT2D eigenvalue weighted by Gasteiger charge is -2.03. The van der Waals surface area contributed by atoms with Gasteiger partial charge in [-0.1, -0.05) is 12.1 Å². The van der Waals surface area contributed by atoms with E-state index in [0.717, 1.165) is 5.56 Å². The fraction of sp³-hybridized carbons (Fsp3) is 0. The van der Waals surface area contributed by atoms with E-state index in [1.807, 2.05) is 0 Å². The molecule has 3 heteroatoms. The lowest BCUT2D eigenvalue weighted by atomic mass is 10.1. The topological polar surface area (TPSA) is 0 Å². The van der Waals surface area contributed by atoms with E-state index in [0.29, 0.717) is 10.5 Å². The van der Waals surface area contributed by atoms with Crippen LogP contribution in [0.1, 0.15) is 0 Å². The van der Waals surface area contributed by atoms with E-state index in [2.05, 4.69) is 12.6 Å². The summed E-state index contributed by atoms with van der Waals surface area (Å²) in [5.41, 5.74) is 1.46. The van der Waals surface area contributed by atoms with E-state index in [9.17, 15) is 8.78 Å². The summed E-state index contributed by atoms with van der Waals surface area (Å²) in [6, 6.07) is 10.4. The Balaban J connectivity index is 2.49. The Labute approximate surface area is 92.0 Å². The first-order valence-electron chi connectivity index (χ1n) is 4.40. The van der Waals surface area contributed by atoms with Crippen LogP contribution in [0.2, 0.25) is 0 Å². The van der Waals surface area contributed by atoms with Crippen molar-refractivity contribution in [3.63, 3.8) is 0 Å². The van der Waals surface area contributed by atoms with Crippen LogP contribution < -0.4 is 0 Å². The van der Waals surface area contributed by atoms with Gasteiger partial charge in [0.05, 0.1) is 0 Å². The normalized spacial score (nSPS) is 10.3. The van der Waals surface area contributed by atoms with Gasteiger partial charge in [0.25, 0.3) is 0 Å². The van der Waals surface area contributed by atoms with Crippen LogP contribution in [-0.4, -0.2) is 0 Å². The molecule has 0 saturated heterocycles. The second kappa shape index (κ2) is 4.03. The van der Waals surface area contributed by atoms with Crippen molar-refractivity contribution < 1.29 is 8.78 Å². The lowest BCUT2D eigenvalue weighted by Crippen LogP contribution is -1.82. The minimum Gasteiger partial charge on any atom is -0.207 e. The molecule has 0 unspecified atom stereocenters. The van der Waals surface area contributed by atoms with Gasteiger partial charge in [-0.3, -0.25) is 0 Å². The molecule has 0 N–H and O–H groups in total. The predicted molar refractivity (Wildman–Crippen MR) is 59.0 cm³/mol. The van der Waals surface area contributed by atoms with E-state index >= 15 is 0 Å². The average Bonchev–Trinajstić information content (AvgIpc) is 2.17. The zero-order valence-corrected chi connectivity index (χ0v) is 8.64. The summed E-state index contributed by atoms with van der Waals surface area (Å²) in [5.74, 6) is -0.650. The molecule has 76 valence electrons. The predicted octanol–water partition coefficient (Wildman–Crippen LogP) is 3.92. The monoisotopic (exact) mass is 222 g/mol. The molecular weight excluding hydrogens is 214 g/mol. The second-order valence-electron chi connectivity index (χ2n) is 3.20. The number of benzene rings is 2. The molecule has 0 amide bonds. The smallest absolute Gasteiger partial charge is 0.124 e. The molecule has 0 aliphatic rings. The van der Waals surface area contributed by atoms with Gasteiger partial charge in [0.1, 0.15) is 11.6 Å². The molecule has 0 atom stereocenters. The molecule has 15 heavy (non-hydrogen) atoms. The van der Waals surface area contributed by atoms with Crippen LogP contribution in [0.5, 0.6) is 0 Å². The summed E-state index contributed by atoms with van der Waals surface area (Å²) in [4.78, 5) is 0.550. The van der Waals surface area contributed by atoms with Crippen molar-refractivity contribution in [3.05, 3.63) is 54.1 Å². The number of hydrogen-bond donors (Lipinski definition) is 1. The number of thiol groups is 1. The van der Waals surface area contributed by atoms with Crippen LogP contribution in [0.15, 0.2) is 47.4 Å². The van der Waals surface area contributed by atoms with Crippen molar-refractivity contribution in [2.45, 2.75) is 4.90 Å². The summed E-state index contributed by atoms with van der Waals surface area (Å²) >= 11 is 4.08. The maximum absolute atomic E-state index is 13.1. The van der Waals surface area contributed by atoms with E-state index < -0.39 is 0 Å². The van der Waals surface area contributed by atoms with Crippen molar-refractivity contribution in [2.24, 2.45) is 0 Å². The highest BCUT2D eigenvalue weighted by molar-refractivity contribution is 7.80. The molecule has 0 saturated carbocycles. The third-order valence-electron chi connectivity index (χ3n) is 2.06. The molecule has 0 aliphatic heterocycles. The molecule has 2 aromatic rings. The van der Waals surface area contributed by atoms with Crippen LogP contribution in [0.25, 0.3) is 11.1 Å². The van der Waals surface area contributed by atoms with Crippen molar-refractivity contribution in [1.29, 1.82) is 0 Å². The van der Waals surface area contributed by atoms with E-state index in [1.54, 1.807) is 18.2 Å². The Kier molecular flexibility index (Phi) is 2.73. The Morgan fingerprint density at radius 2 is 1.40 bits per heavy atom. The van der Waals surface area contributed by atoms with Crippen LogP contribution in [0.3, 0.4) is 0 Å². The van der Waals surface area contributed by atoms with Gasteiger partial charge in [0.2, 0.25) is 0 Å². The second-order valence-corrected chi connectivity index (χ2v) is 3.72. The molecule has 0 aromatic heterocycles. The van der Waals surface area contributed by atoms with Crippen molar-refractivity contribution in [3.8, 4) is 11.1 Å². The summed E-state index contributed by atoms with van der Waals surface area (Å²) in [6.45, 7) is 0. The Morgan fingerprint density at radius 3 is 2.00 bits per heavy atom. The number of rotatable bonds is 1.